The van der Waals surface area contributed by atoms with Crippen molar-refractivity contribution in [3.05, 3.63) is 48.3 Å². The highest BCUT2D eigenvalue weighted by atomic mass is 32.2. The molecule has 2 heterocycles. The van der Waals surface area contributed by atoms with Gasteiger partial charge in [-0.25, -0.2) is 13.1 Å². The summed E-state index contributed by atoms with van der Waals surface area (Å²) in [6.45, 7) is 3.83. The van der Waals surface area contributed by atoms with Gasteiger partial charge in [0.2, 0.25) is 15.9 Å². The largest absolute Gasteiger partial charge is 0.487 e. The number of fused-ring (bicyclic) bond motifs is 1. The molecule has 0 bridgehead atoms. The zero-order valence-corrected chi connectivity index (χ0v) is 14.8. The summed E-state index contributed by atoms with van der Waals surface area (Å²) >= 11 is 0. The molecule has 1 unspecified atom stereocenters. The second kappa shape index (κ2) is 6.81. The minimum Gasteiger partial charge on any atom is -0.487 e. The van der Waals surface area contributed by atoms with Crippen molar-refractivity contribution >= 4 is 21.6 Å². The first-order valence-corrected chi connectivity index (χ1v) is 9.32. The number of benzene rings is 1. The van der Waals surface area contributed by atoms with E-state index in [-0.39, 0.29) is 23.5 Å². The normalized spacial score (nSPS) is 16.9. The number of pyridine rings is 1. The van der Waals surface area contributed by atoms with Crippen molar-refractivity contribution in [3.63, 3.8) is 0 Å². The maximum absolute atomic E-state index is 12.6. The van der Waals surface area contributed by atoms with Crippen LogP contribution < -0.4 is 14.4 Å². The third-order valence-electron chi connectivity index (χ3n) is 3.87. The summed E-state index contributed by atoms with van der Waals surface area (Å²) < 4.78 is 33.3. The highest BCUT2D eigenvalue weighted by Gasteiger charge is 2.27. The molecule has 1 aromatic heterocycles. The van der Waals surface area contributed by atoms with Crippen molar-refractivity contribution in [2.75, 3.05) is 11.4 Å². The molecule has 1 aliphatic heterocycles. The van der Waals surface area contributed by atoms with Gasteiger partial charge in [0, 0.05) is 25.9 Å². The van der Waals surface area contributed by atoms with Gasteiger partial charge in [-0.15, -0.1) is 0 Å². The standard InChI is InChI=1S/C17H19N3O4S/c1-12-11-20(13(2)21)16-8-15(5-6-17(16)24-12)25(22,23)19-10-14-4-3-7-18-9-14/h3-9,12,19H,10-11H2,1-2H3. The number of ether oxygens (including phenoxy) is 1. The van der Waals surface area contributed by atoms with Gasteiger partial charge in [0.25, 0.3) is 0 Å². The number of rotatable bonds is 4. The molecule has 1 atom stereocenters. The van der Waals surface area contributed by atoms with Gasteiger partial charge in [-0.1, -0.05) is 6.07 Å². The third kappa shape index (κ3) is 3.80. The molecule has 0 saturated carbocycles. The number of aromatic nitrogens is 1. The monoisotopic (exact) mass is 361 g/mol. The summed E-state index contributed by atoms with van der Waals surface area (Å²) in [6.07, 6.45) is 3.07. The molecule has 2 aromatic rings. The summed E-state index contributed by atoms with van der Waals surface area (Å²) in [5.41, 5.74) is 1.22. The maximum atomic E-state index is 12.6. The molecule has 0 spiro atoms. The number of nitrogens with one attached hydrogen (secondary N) is 1. The Bertz CT molecular complexity index is 884. The Morgan fingerprint density at radius 3 is 2.88 bits per heavy atom. The van der Waals surface area contributed by atoms with Crippen molar-refractivity contribution in [3.8, 4) is 5.75 Å². The molecule has 7 nitrogen and oxygen atoms in total. The second-order valence-corrected chi connectivity index (χ2v) is 7.64. The predicted octanol–water partition coefficient (Wildman–Crippen LogP) is 1.69. The Balaban J connectivity index is 1.87. The lowest BCUT2D eigenvalue weighted by Gasteiger charge is -2.33. The van der Waals surface area contributed by atoms with Crippen LogP contribution in [-0.2, 0) is 21.4 Å². The van der Waals surface area contributed by atoms with Crippen LogP contribution in [0.5, 0.6) is 5.75 Å². The van der Waals surface area contributed by atoms with E-state index in [1.807, 2.05) is 6.92 Å². The van der Waals surface area contributed by atoms with Crippen LogP contribution in [0.2, 0.25) is 0 Å². The van der Waals surface area contributed by atoms with Crippen LogP contribution >= 0.6 is 0 Å². The molecular formula is C17H19N3O4S. The summed E-state index contributed by atoms with van der Waals surface area (Å²) in [5.74, 6) is 0.342. The van der Waals surface area contributed by atoms with E-state index >= 15 is 0 Å². The van der Waals surface area contributed by atoms with Crippen LogP contribution in [-0.4, -0.2) is 32.0 Å². The Hall–Kier alpha value is -2.45. The average Bonchev–Trinajstić information content (AvgIpc) is 2.59. The van der Waals surface area contributed by atoms with E-state index < -0.39 is 10.0 Å². The molecule has 0 fully saturated rings. The van der Waals surface area contributed by atoms with Gasteiger partial charge in [-0.2, -0.15) is 0 Å². The topological polar surface area (TPSA) is 88.6 Å². The van der Waals surface area contributed by atoms with Crippen molar-refractivity contribution in [1.82, 2.24) is 9.71 Å². The van der Waals surface area contributed by atoms with Crippen molar-refractivity contribution in [2.24, 2.45) is 0 Å². The van der Waals surface area contributed by atoms with Gasteiger partial charge in [0.15, 0.2) is 0 Å². The van der Waals surface area contributed by atoms with Gasteiger partial charge >= 0.3 is 0 Å². The van der Waals surface area contributed by atoms with Gasteiger partial charge < -0.3 is 9.64 Å². The lowest BCUT2D eigenvalue weighted by Crippen LogP contribution is -2.41. The van der Waals surface area contributed by atoms with Crippen LogP contribution in [0.25, 0.3) is 0 Å². The Morgan fingerprint density at radius 2 is 2.20 bits per heavy atom. The van der Waals surface area contributed by atoms with E-state index in [1.165, 1.54) is 24.0 Å². The van der Waals surface area contributed by atoms with Crippen LogP contribution in [0.1, 0.15) is 19.4 Å². The van der Waals surface area contributed by atoms with E-state index in [0.29, 0.717) is 18.0 Å². The van der Waals surface area contributed by atoms with E-state index in [1.54, 1.807) is 30.6 Å². The number of nitrogens with zero attached hydrogens (tertiary/aromatic N) is 2. The summed E-state index contributed by atoms with van der Waals surface area (Å²) in [6, 6.07) is 8.05. The third-order valence-corrected chi connectivity index (χ3v) is 5.27. The number of carbonyl (C=O) groups is 1. The summed E-state index contributed by atoms with van der Waals surface area (Å²) in [4.78, 5) is 17.4. The molecule has 132 valence electrons. The van der Waals surface area contributed by atoms with Crippen molar-refractivity contribution in [2.45, 2.75) is 31.4 Å². The molecule has 1 amide bonds. The van der Waals surface area contributed by atoms with E-state index in [0.717, 1.165) is 5.56 Å². The number of sulfonamides is 1. The number of carbonyl (C=O) groups excluding carboxylic acids is 1. The fraction of sp³-hybridized carbons (Fsp3) is 0.294. The fourth-order valence-corrected chi connectivity index (χ4v) is 3.68. The smallest absolute Gasteiger partial charge is 0.240 e. The van der Waals surface area contributed by atoms with Gasteiger partial charge in [-0.3, -0.25) is 9.78 Å². The van der Waals surface area contributed by atoms with E-state index in [9.17, 15) is 13.2 Å². The SMILES string of the molecule is CC(=O)N1CC(C)Oc2ccc(S(=O)(=O)NCc3cccnc3)cc21. The summed E-state index contributed by atoms with van der Waals surface area (Å²) in [7, 11) is -3.73. The van der Waals surface area contributed by atoms with Crippen LogP contribution in [0, 0.1) is 0 Å². The average molecular weight is 361 g/mol. The number of amides is 1. The van der Waals surface area contributed by atoms with Gasteiger partial charge in [-0.05, 0) is 36.8 Å². The highest BCUT2D eigenvalue weighted by Crippen LogP contribution is 2.35. The van der Waals surface area contributed by atoms with Crippen LogP contribution in [0.15, 0.2) is 47.6 Å². The minimum absolute atomic E-state index is 0.0829. The van der Waals surface area contributed by atoms with Gasteiger partial charge in [0.1, 0.15) is 11.9 Å². The van der Waals surface area contributed by atoms with Crippen molar-refractivity contribution in [1.29, 1.82) is 0 Å². The number of hydrogen-bond donors (Lipinski definition) is 1. The molecule has 8 heteroatoms. The molecule has 0 radical (unpaired) electrons. The zero-order valence-electron chi connectivity index (χ0n) is 14.0. The molecule has 1 aliphatic rings. The maximum Gasteiger partial charge on any atom is 0.240 e. The van der Waals surface area contributed by atoms with Crippen LogP contribution in [0.3, 0.4) is 0 Å². The fourth-order valence-electron chi connectivity index (χ4n) is 2.65. The van der Waals surface area contributed by atoms with Crippen molar-refractivity contribution < 1.29 is 17.9 Å². The number of hydrogen-bond acceptors (Lipinski definition) is 5. The van der Waals surface area contributed by atoms with E-state index in [4.69, 9.17) is 4.74 Å². The molecular weight excluding hydrogens is 342 g/mol. The molecule has 1 N–H and O–H groups in total. The molecule has 3 rings (SSSR count). The second-order valence-electron chi connectivity index (χ2n) is 5.87. The first kappa shape index (κ1) is 17.4. The lowest BCUT2D eigenvalue weighted by molar-refractivity contribution is -0.117. The molecule has 0 saturated heterocycles. The Labute approximate surface area is 146 Å². The lowest BCUT2D eigenvalue weighted by atomic mass is 10.2. The number of anilines is 1. The highest BCUT2D eigenvalue weighted by molar-refractivity contribution is 7.89. The molecule has 25 heavy (non-hydrogen) atoms. The molecule has 0 aliphatic carbocycles. The molecule has 1 aromatic carbocycles. The first-order chi connectivity index (χ1) is 11.9. The first-order valence-electron chi connectivity index (χ1n) is 7.84. The predicted molar refractivity (Wildman–Crippen MR) is 92.8 cm³/mol. The summed E-state index contributed by atoms with van der Waals surface area (Å²) in [5, 5.41) is 0. The van der Waals surface area contributed by atoms with Crippen LogP contribution in [0.4, 0.5) is 5.69 Å². The quantitative estimate of drug-likeness (QED) is 0.895. The Kier molecular flexibility index (Phi) is 4.73. The Morgan fingerprint density at radius 1 is 1.40 bits per heavy atom. The minimum atomic E-state index is -3.73. The zero-order chi connectivity index (χ0) is 18.0. The van der Waals surface area contributed by atoms with E-state index in [2.05, 4.69) is 9.71 Å². The van der Waals surface area contributed by atoms with Gasteiger partial charge in [0.05, 0.1) is 17.1 Å².